The van der Waals surface area contributed by atoms with Crippen LogP contribution in [-0.4, -0.2) is 34.7 Å². The summed E-state index contributed by atoms with van der Waals surface area (Å²) < 4.78 is 0. The number of aryl methyl sites for hydroxylation is 1. The van der Waals surface area contributed by atoms with E-state index < -0.39 is 24.5 Å². The lowest BCUT2D eigenvalue weighted by molar-refractivity contribution is -0.140. The Morgan fingerprint density at radius 2 is 2.27 bits per heavy atom. The van der Waals surface area contributed by atoms with Gasteiger partial charge in [0.2, 0.25) is 0 Å². The standard InChI is InChI=1S/C9H11NO4S/c1-5-2-3-15-7(5)8(12)10-6(4-11)9(13)14/h2-3,6,11H,4H2,1H3,(H,10,12)(H,13,14). The van der Waals surface area contributed by atoms with E-state index in [4.69, 9.17) is 10.2 Å². The first-order chi connectivity index (χ1) is 7.06. The fraction of sp³-hybridized carbons (Fsp3) is 0.333. The van der Waals surface area contributed by atoms with E-state index in [0.717, 1.165) is 5.56 Å². The van der Waals surface area contributed by atoms with E-state index in [9.17, 15) is 9.59 Å². The van der Waals surface area contributed by atoms with Crippen molar-refractivity contribution in [3.8, 4) is 0 Å². The first-order valence-electron chi connectivity index (χ1n) is 4.25. The molecule has 0 radical (unpaired) electrons. The zero-order chi connectivity index (χ0) is 11.4. The first-order valence-corrected chi connectivity index (χ1v) is 5.13. The number of aliphatic hydroxyl groups is 1. The van der Waals surface area contributed by atoms with Crippen molar-refractivity contribution in [1.29, 1.82) is 0 Å². The van der Waals surface area contributed by atoms with Crippen molar-refractivity contribution in [3.63, 3.8) is 0 Å². The Balaban J connectivity index is 2.71. The van der Waals surface area contributed by atoms with Crippen molar-refractivity contribution in [2.75, 3.05) is 6.61 Å². The van der Waals surface area contributed by atoms with Gasteiger partial charge in [0.05, 0.1) is 11.5 Å². The molecular weight excluding hydrogens is 218 g/mol. The van der Waals surface area contributed by atoms with E-state index in [-0.39, 0.29) is 0 Å². The van der Waals surface area contributed by atoms with Gasteiger partial charge in [-0.1, -0.05) is 0 Å². The summed E-state index contributed by atoms with van der Waals surface area (Å²) in [6, 6.07) is 0.521. The summed E-state index contributed by atoms with van der Waals surface area (Å²) in [5, 5.41) is 21.3. The number of aliphatic carboxylic acids is 1. The number of hydrogen-bond donors (Lipinski definition) is 3. The van der Waals surface area contributed by atoms with E-state index in [2.05, 4.69) is 5.32 Å². The fourth-order valence-corrected chi connectivity index (χ4v) is 1.84. The largest absolute Gasteiger partial charge is 0.480 e. The van der Waals surface area contributed by atoms with Gasteiger partial charge in [0, 0.05) is 0 Å². The monoisotopic (exact) mass is 229 g/mol. The van der Waals surface area contributed by atoms with Crippen LogP contribution in [0.2, 0.25) is 0 Å². The van der Waals surface area contributed by atoms with Crippen LogP contribution in [0.3, 0.4) is 0 Å². The summed E-state index contributed by atoms with van der Waals surface area (Å²) in [7, 11) is 0. The Morgan fingerprint density at radius 1 is 1.60 bits per heavy atom. The second kappa shape index (κ2) is 4.90. The van der Waals surface area contributed by atoms with Crippen LogP contribution in [0.5, 0.6) is 0 Å². The van der Waals surface area contributed by atoms with E-state index in [1.54, 1.807) is 18.4 Å². The molecule has 0 bridgehead atoms. The summed E-state index contributed by atoms with van der Waals surface area (Å²) in [4.78, 5) is 22.5. The van der Waals surface area contributed by atoms with E-state index in [0.29, 0.717) is 4.88 Å². The number of amides is 1. The number of nitrogens with one attached hydrogen (secondary N) is 1. The smallest absolute Gasteiger partial charge is 0.328 e. The number of rotatable bonds is 4. The molecule has 0 aliphatic carbocycles. The minimum atomic E-state index is -1.25. The molecule has 15 heavy (non-hydrogen) atoms. The molecule has 0 aliphatic rings. The maximum Gasteiger partial charge on any atom is 0.328 e. The zero-order valence-corrected chi connectivity index (χ0v) is 8.87. The number of thiophene rings is 1. The molecule has 6 heteroatoms. The van der Waals surface area contributed by atoms with Crippen LogP contribution in [0.15, 0.2) is 11.4 Å². The lowest BCUT2D eigenvalue weighted by atomic mass is 10.2. The molecule has 82 valence electrons. The first kappa shape index (κ1) is 11.7. The highest BCUT2D eigenvalue weighted by Crippen LogP contribution is 2.15. The van der Waals surface area contributed by atoms with Gasteiger partial charge in [-0.3, -0.25) is 4.79 Å². The summed E-state index contributed by atoms with van der Waals surface area (Å²) in [5.41, 5.74) is 0.791. The second-order valence-corrected chi connectivity index (χ2v) is 3.90. The highest BCUT2D eigenvalue weighted by molar-refractivity contribution is 7.12. The minimum Gasteiger partial charge on any atom is -0.480 e. The normalized spacial score (nSPS) is 12.1. The fourth-order valence-electron chi connectivity index (χ4n) is 1.01. The molecule has 1 unspecified atom stereocenters. The zero-order valence-electron chi connectivity index (χ0n) is 8.06. The molecule has 1 atom stereocenters. The van der Waals surface area contributed by atoms with Crippen LogP contribution in [0.25, 0.3) is 0 Å². The lowest BCUT2D eigenvalue weighted by Gasteiger charge is -2.10. The Kier molecular flexibility index (Phi) is 3.81. The topological polar surface area (TPSA) is 86.6 Å². The van der Waals surface area contributed by atoms with Crippen LogP contribution in [0.1, 0.15) is 15.2 Å². The summed E-state index contributed by atoms with van der Waals surface area (Å²) in [6.07, 6.45) is 0. The second-order valence-electron chi connectivity index (χ2n) is 2.98. The molecule has 0 saturated heterocycles. The van der Waals surface area contributed by atoms with Crippen LogP contribution in [0.4, 0.5) is 0 Å². The maximum atomic E-state index is 11.5. The molecule has 0 aliphatic heterocycles. The molecule has 5 nitrogen and oxygen atoms in total. The molecule has 0 aromatic carbocycles. The van der Waals surface area contributed by atoms with Crippen LogP contribution in [0, 0.1) is 6.92 Å². The molecule has 1 heterocycles. The van der Waals surface area contributed by atoms with Crippen LogP contribution >= 0.6 is 11.3 Å². The third kappa shape index (κ3) is 2.77. The van der Waals surface area contributed by atoms with Gasteiger partial charge < -0.3 is 15.5 Å². The third-order valence-corrected chi connectivity index (χ3v) is 2.87. The molecule has 0 saturated carbocycles. The van der Waals surface area contributed by atoms with Crippen molar-refractivity contribution in [1.82, 2.24) is 5.32 Å². The van der Waals surface area contributed by atoms with Gasteiger partial charge in [-0.05, 0) is 23.9 Å². The summed E-state index contributed by atoms with van der Waals surface area (Å²) in [6.45, 7) is 1.14. The van der Waals surface area contributed by atoms with Crippen LogP contribution in [-0.2, 0) is 4.79 Å². The van der Waals surface area contributed by atoms with Crippen molar-refractivity contribution in [2.45, 2.75) is 13.0 Å². The molecular formula is C9H11NO4S. The summed E-state index contributed by atoms with van der Waals surface area (Å²) in [5.74, 6) is -1.72. The molecule has 1 aromatic heterocycles. The molecule has 1 aromatic rings. The Labute approximate surface area is 90.4 Å². The van der Waals surface area contributed by atoms with Crippen molar-refractivity contribution in [3.05, 3.63) is 21.9 Å². The van der Waals surface area contributed by atoms with Crippen molar-refractivity contribution in [2.24, 2.45) is 0 Å². The average molecular weight is 229 g/mol. The van der Waals surface area contributed by atoms with Gasteiger partial charge in [-0.25, -0.2) is 4.79 Å². The van der Waals surface area contributed by atoms with Gasteiger partial charge in [0.25, 0.3) is 5.91 Å². The SMILES string of the molecule is Cc1ccsc1C(=O)NC(CO)C(=O)O. The number of carbonyl (C=O) groups is 2. The van der Waals surface area contributed by atoms with Gasteiger partial charge in [0.15, 0.2) is 6.04 Å². The highest BCUT2D eigenvalue weighted by Gasteiger charge is 2.20. The number of carbonyl (C=O) groups excluding carboxylic acids is 1. The number of hydrogen-bond acceptors (Lipinski definition) is 4. The predicted molar refractivity (Wildman–Crippen MR) is 55.0 cm³/mol. The highest BCUT2D eigenvalue weighted by atomic mass is 32.1. The summed E-state index contributed by atoms with van der Waals surface area (Å²) >= 11 is 1.24. The molecule has 0 spiro atoms. The average Bonchev–Trinajstić information content (AvgIpc) is 2.60. The third-order valence-electron chi connectivity index (χ3n) is 1.85. The van der Waals surface area contributed by atoms with Gasteiger partial charge in [0.1, 0.15) is 0 Å². The Bertz CT molecular complexity index is 374. The van der Waals surface area contributed by atoms with Crippen molar-refractivity contribution >= 4 is 23.2 Å². The number of carboxylic acid groups (broad SMARTS) is 1. The maximum absolute atomic E-state index is 11.5. The molecule has 0 fully saturated rings. The predicted octanol–water partition coefficient (Wildman–Crippen LogP) is 0.232. The quantitative estimate of drug-likeness (QED) is 0.690. The van der Waals surface area contributed by atoms with E-state index >= 15 is 0 Å². The Hall–Kier alpha value is -1.40. The van der Waals surface area contributed by atoms with Gasteiger partial charge in [-0.2, -0.15) is 0 Å². The van der Waals surface area contributed by atoms with Gasteiger partial charge in [-0.15, -0.1) is 11.3 Å². The van der Waals surface area contributed by atoms with Crippen LogP contribution < -0.4 is 5.32 Å². The molecule has 3 N–H and O–H groups in total. The molecule has 1 amide bonds. The van der Waals surface area contributed by atoms with E-state index in [1.807, 2.05) is 0 Å². The molecule has 1 rings (SSSR count). The minimum absolute atomic E-state index is 0.467. The Morgan fingerprint density at radius 3 is 2.67 bits per heavy atom. The number of carboxylic acids is 1. The van der Waals surface area contributed by atoms with E-state index in [1.165, 1.54) is 11.3 Å². The van der Waals surface area contributed by atoms with Crippen molar-refractivity contribution < 1.29 is 19.8 Å². The lowest BCUT2D eigenvalue weighted by Crippen LogP contribution is -2.43. The van der Waals surface area contributed by atoms with Gasteiger partial charge >= 0.3 is 5.97 Å². The number of aliphatic hydroxyl groups excluding tert-OH is 1.